The van der Waals surface area contributed by atoms with E-state index in [0.717, 1.165) is 15.7 Å². The minimum Gasteiger partial charge on any atom is -0.323 e. The third kappa shape index (κ3) is 3.94. The van der Waals surface area contributed by atoms with E-state index in [-0.39, 0.29) is 20.8 Å². The van der Waals surface area contributed by atoms with Crippen LogP contribution in [0.4, 0.5) is 10.5 Å². The largest absolute Gasteiger partial charge is 0.325 e. The van der Waals surface area contributed by atoms with Gasteiger partial charge in [0.25, 0.3) is 5.91 Å². The van der Waals surface area contributed by atoms with Crippen LogP contribution in [0.2, 0.25) is 15.1 Å². The normalized spacial score (nSPS) is 18.4. The van der Waals surface area contributed by atoms with Crippen LogP contribution in [0.5, 0.6) is 0 Å². The van der Waals surface area contributed by atoms with E-state index < -0.39 is 29.9 Å². The smallest absolute Gasteiger partial charge is 0.323 e. The predicted molar refractivity (Wildman–Crippen MR) is 122 cm³/mol. The molecule has 1 saturated heterocycles. The number of carbonyl (C=O) groups is 3. The summed E-state index contributed by atoms with van der Waals surface area (Å²) in [7, 11) is 0. The quantitative estimate of drug-likeness (QED) is 0.401. The molecule has 158 valence electrons. The van der Waals surface area contributed by atoms with Gasteiger partial charge < -0.3 is 10.6 Å². The Bertz CT molecular complexity index is 1250. The molecule has 0 spiro atoms. The van der Waals surface area contributed by atoms with Gasteiger partial charge in [-0.15, -0.1) is 0 Å². The van der Waals surface area contributed by atoms with Gasteiger partial charge in [-0.1, -0.05) is 71.2 Å². The highest BCUT2D eigenvalue weighted by Gasteiger charge is 2.49. The summed E-state index contributed by atoms with van der Waals surface area (Å²) in [6.07, 6.45) is 0. The van der Waals surface area contributed by atoms with Crippen LogP contribution in [0.3, 0.4) is 0 Å². The standard InChI is InChI=1S/C22H16Cl3N3O3/c1-22(14-7-6-12-4-2-3-5-13(12)8-14)20(30)28(21(31)27-22)11-19(29)26-18-10-16(24)15(23)9-17(18)25/h2-10H,11H2,1H3,(H,26,29)(H,27,31)/t22-/m0/s1. The van der Waals surface area contributed by atoms with Crippen molar-refractivity contribution >= 4 is 69.1 Å². The third-order valence-electron chi connectivity index (χ3n) is 5.19. The number of halogens is 3. The molecule has 1 atom stereocenters. The fourth-order valence-electron chi connectivity index (χ4n) is 3.49. The van der Waals surface area contributed by atoms with Gasteiger partial charge in [0.2, 0.25) is 5.91 Å². The number of urea groups is 1. The number of fused-ring (bicyclic) bond motifs is 1. The van der Waals surface area contributed by atoms with E-state index in [1.807, 2.05) is 36.4 Å². The number of amides is 4. The number of anilines is 1. The average molecular weight is 477 g/mol. The van der Waals surface area contributed by atoms with Crippen LogP contribution in [0, 0.1) is 0 Å². The Balaban J connectivity index is 1.55. The molecule has 6 nitrogen and oxygen atoms in total. The Hall–Kier alpha value is -2.80. The van der Waals surface area contributed by atoms with E-state index in [2.05, 4.69) is 10.6 Å². The molecule has 3 aromatic rings. The monoisotopic (exact) mass is 475 g/mol. The molecule has 0 bridgehead atoms. The predicted octanol–water partition coefficient (Wildman–Crippen LogP) is 5.21. The van der Waals surface area contributed by atoms with Crippen molar-refractivity contribution in [3.8, 4) is 0 Å². The lowest BCUT2D eigenvalue weighted by molar-refractivity contribution is -0.133. The second-order valence-electron chi connectivity index (χ2n) is 7.30. The van der Waals surface area contributed by atoms with Gasteiger partial charge in [0.1, 0.15) is 12.1 Å². The number of hydrogen-bond donors (Lipinski definition) is 2. The Labute approximate surface area is 193 Å². The van der Waals surface area contributed by atoms with E-state index in [1.165, 1.54) is 12.1 Å². The maximum atomic E-state index is 13.1. The summed E-state index contributed by atoms with van der Waals surface area (Å²) in [4.78, 5) is 39.0. The maximum Gasteiger partial charge on any atom is 0.325 e. The van der Waals surface area contributed by atoms with Gasteiger partial charge in [0.05, 0.1) is 20.8 Å². The van der Waals surface area contributed by atoms with E-state index in [0.29, 0.717) is 5.56 Å². The second-order valence-corrected chi connectivity index (χ2v) is 8.52. The molecule has 0 unspecified atom stereocenters. The van der Waals surface area contributed by atoms with Crippen LogP contribution < -0.4 is 10.6 Å². The molecule has 1 heterocycles. The first-order valence-electron chi connectivity index (χ1n) is 9.27. The summed E-state index contributed by atoms with van der Waals surface area (Å²) in [5, 5.41) is 7.84. The fraction of sp³-hybridized carbons (Fsp3) is 0.136. The van der Waals surface area contributed by atoms with E-state index in [9.17, 15) is 14.4 Å². The van der Waals surface area contributed by atoms with Crippen LogP contribution in [-0.4, -0.2) is 29.3 Å². The molecule has 2 N–H and O–H groups in total. The molecule has 3 aromatic carbocycles. The highest BCUT2D eigenvalue weighted by atomic mass is 35.5. The van der Waals surface area contributed by atoms with Crippen molar-refractivity contribution < 1.29 is 14.4 Å². The van der Waals surface area contributed by atoms with Crippen molar-refractivity contribution in [1.82, 2.24) is 10.2 Å². The zero-order valence-electron chi connectivity index (χ0n) is 16.2. The van der Waals surface area contributed by atoms with Crippen molar-refractivity contribution in [3.05, 3.63) is 75.2 Å². The van der Waals surface area contributed by atoms with Crippen LogP contribution in [0.15, 0.2) is 54.6 Å². The van der Waals surface area contributed by atoms with Crippen LogP contribution in [-0.2, 0) is 15.1 Å². The molecule has 0 aliphatic carbocycles. The van der Waals surface area contributed by atoms with Gasteiger partial charge in [0.15, 0.2) is 0 Å². The van der Waals surface area contributed by atoms with E-state index in [4.69, 9.17) is 34.8 Å². The van der Waals surface area contributed by atoms with E-state index >= 15 is 0 Å². The van der Waals surface area contributed by atoms with Gasteiger partial charge in [0, 0.05) is 0 Å². The molecule has 4 amide bonds. The number of hydrogen-bond acceptors (Lipinski definition) is 3. The molecule has 1 aliphatic heterocycles. The molecular weight excluding hydrogens is 461 g/mol. The zero-order chi connectivity index (χ0) is 22.3. The first-order valence-corrected chi connectivity index (χ1v) is 10.4. The van der Waals surface area contributed by atoms with Crippen molar-refractivity contribution in [3.63, 3.8) is 0 Å². The number of nitrogens with zero attached hydrogens (tertiary/aromatic N) is 1. The Kier molecular flexibility index (Phi) is 5.56. The number of nitrogens with one attached hydrogen (secondary N) is 2. The molecule has 0 saturated carbocycles. The summed E-state index contributed by atoms with van der Waals surface area (Å²) < 4.78 is 0. The lowest BCUT2D eigenvalue weighted by atomic mass is 9.90. The minimum atomic E-state index is -1.29. The van der Waals surface area contributed by atoms with Gasteiger partial charge in [-0.2, -0.15) is 0 Å². The second kappa shape index (κ2) is 8.04. The summed E-state index contributed by atoms with van der Waals surface area (Å²) >= 11 is 17.9. The van der Waals surface area contributed by atoms with Gasteiger partial charge in [-0.05, 0) is 41.5 Å². The topological polar surface area (TPSA) is 78.5 Å². The third-order valence-corrected chi connectivity index (χ3v) is 6.22. The first kappa shape index (κ1) is 21.4. The highest BCUT2D eigenvalue weighted by molar-refractivity contribution is 6.44. The van der Waals surface area contributed by atoms with Gasteiger partial charge >= 0.3 is 6.03 Å². The SMILES string of the molecule is C[C@@]1(c2ccc3ccccc3c2)NC(=O)N(CC(=O)Nc2cc(Cl)c(Cl)cc2Cl)C1=O. The van der Waals surface area contributed by atoms with Crippen LogP contribution in [0.1, 0.15) is 12.5 Å². The molecule has 4 rings (SSSR count). The van der Waals surface area contributed by atoms with Crippen molar-refractivity contribution in [2.75, 3.05) is 11.9 Å². The first-order chi connectivity index (χ1) is 14.7. The molecule has 1 fully saturated rings. The molecule has 0 radical (unpaired) electrons. The Morgan fingerprint density at radius 3 is 2.39 bits per heavy atom. The van der Waals surface area contributed by atoms with Crippen molar-refractivity contribution in [1.29, 1.82) is 0 Å². The molecule has 1 aliphatic rings. The highest BCUT2D eigenvalue weighted by Crippen LogP contribution is 2.33. The Morgan fingerprint density at radius 1 is 0.968 bits per heavy atom. The number of rotatable bonds is 4. The number of carbonyl (C=O) groups excluding carboxylic acids is 3. The summed E-state index contributed by atoms with van der Waals surface area (Å²) in [5.41, 5.74) is -0.437. The van der Waals surface area contributed by atoms with Gasteiger partial charge in [-0.25, -0.2) is 4.79 Å². The molecule has 0 aromatic heterocycles. The number of imide groups is 1. The van der Waals surface area contributed by atoms with Crippen LogP contribution >= 0.6 is 34.8 Å². The summed E-state index contributed by atoms with van der Waals surface area (Å²) in [6, 6.07) is 15.4. The molecule has 9 heteroatoms. The lowest BCUT2D eigenvalue weighted by Gasteiger charge is -2.22. The lowest BCUT2D eigenvalue weighted by Crippen LogP contribution is -2.42. The average Bonchev–Trinajstić information content (AvgIpc) is 2.95. The van der Waals surface area contributed by atoms with Crippen LogP contribution in [0.25, 0.3) is 10.8 Å². The zero-order valence-corrected chi connectivity index (χ0v) is 18.5. The Morgan fingerprint density at radius 2 is 1.65 bits per heavy atom. The van der Waals surface area contributed by atoms with Crippen molar-refractivity contribution in [2.45, 2.75) is 12.5 Å². The summed E-state index contributed by atoms with van der Waals surface area (Å²) in [6.45, 7) is 1.13. The maximum absolute atomic E-state index is 13.1. The molecule has 31 heavy (non-hydrogen) atoms. The van der Waals surface area contributed by atoms with Gasteiger partial charge in [-0.3, -0.25) is 14.5 Å². The number of benzene rings is 3. The van der Waals surface area contributed by atoms with Crippen molar-refractivity contribution in [2.24, 2.45) is 0 Å². The molecular formula is C22H16Cl3N3O3. The van der Waals surface area contributed by atoms with E-state index in [1.54, 1.807) is 13.0 Å². The fourth-order valence-corrected chi connectivity index (χ4v) is 4.08. The minimum absolute atomic E-state index is 0.181. The summed E-state index contributed by atoms with van der Waals surface area (Å²) in [5.74, 6) is -1.13.